The van der Waals surface area contributed by atoms with Gasteiger partial charge in [-0.2, -0.15) is 4.31 Å². The molecule has 3 heterocycles. The molecule has 1 amide bonds. The number of nitrogens with one attached hydrogen (secondary N) is 1. The van der Waals surface area contributed by atoms with E-state index in [2.05, 4.69) is 26.8 Å². The van der Waals surface area contributed by atoms with E-state index in [0.717, 1.165) is 31.4 Å². The highest BCUT2D eigenvalue weighted by Crippen LogP contribution is 2.36. The number of benzene rings is 1. The summed E-state index contributed by atoms with van der Waals surface area (Å²) in [5, 5.41) is 3.49. The van der Waals surface area contributed by atoms with Crippen LogP contribution in [0.5, 0.6) is 5.88 Å². The van der Waals surface area contributed by atoms with Gasteiger partial charge in [-0.25, -0.2) is 18.4 Å². The van der Waals surface area contributed by atoms with E-state index in [1.54, 1.807) is 41.7 Å². The molecule has 1 saturated carbocycles. The first-order valence-electron chi connectivity index (χ1n) is 13.4. The molecule has 3 aromatic rings. The summed E-state index contributed by atoms with van der Waals surface area (Å²) >= 11 is 1.31. The fourth-order valence-electron chi connectivity index (χ4n) is 5.49. The minimum absolute atomic E-state index is 0.137. The molecular weight excluding hydrogens is 534 g/mol. The van der Waals surface area contributed by atoms with E-state index < -0.39 is 15.9 Å². The van der Waals surface area contributed by atoms with Crippen LogP contribution in [-0.4, -0.2) is 73.3 Å². The lowest BCUT2D eigenvalue weighted by Crippen LogP contribution is -2.48. The molecular formula is C28H35N5O4S2. The van der Waals surface area contributed by atoms with Crippen LogP contribution < -0.4 is 10.1 Å². The van der Waals surface area contributed by atoms with Crippen molar-refractivity contribution in [3.8, 4) is 5.88 Å². The molecule has 1 aromatic carbocycles. The number of fused-ring (bicyclic) bond motifs is 1. The van der Waals surface area contributed by atoms with Gasteiger partial charge in [-0.15, -0.1) is 6.58 Å². The predicted molar refractivity (Wildman–Crippen MR) is 154 cm³/mol. The number of ether oxygens (including phenoxy) is 1. The van der Waals surface area contributed by atoms with E-state index in [4.69, 9.17) is 4.74 Å². The van der Waals surface area contributed by atoms with Crippen LogP contribution in [0.15, 0.2) is 53.9 Å². The number of piperazine rings is 1. The Hall–Kier alpha value is -2.86. The maximum absolute atomic E-state index is 13.6. The zero-order valence-electron chi connectivity index (χ0n) is 22.2. The van der Waals surface area contributed by atoms with Crippen LogP contribution in [0.1, 0.15) is 43.6 Å². The van der Waals surface area contributed by atoms with E-state index in [0.29, 0.717) is 53.5 Å². The van der Waals surface area contributed by atoms with Crippen molar-refractivity contribution in [3.05, 3.63) is 54.6 Å². The molecule has 11 heteroatoms. The number of methoxy groups -OCH3 is 1. The fraction of sp³-hybridized carbons (Fsp3) is 0.464. The monoisotopic (exact) mass is 569 g/mol. The summed E-state index contributed by atoms with van der Waals surface area (Å²) in [6, 6.07) is 10.4. The fourth-order valence-corrected chi connectivity index (χ4v) is 7.74. The number of carbonyl (C=O) groups excluding carboxylic acids is 1. The van der Waals surface area contributed by atoms with Gasteiger partial charge in [0.1, 0.15) is 10.3 Å². The number of nitrogens with zero attached hydrogens (tertiary/aromatic N) is 4. The second-order valence-corrected chi connectivity index (χ2v) is 13.1. The van der Waals surface area contributed by atoms with Crippen LogP contribution in [0.25, 0.3) is 10.3 Å². The highest BCUT2D eigenvalue weighted by atomic mass is 32.2. The van der Waals surface area contributed by atoms with E-state index >= 15 is 0 Å². The third kappa shape index (κ3) is 6.32. The Kier molecular flexibility index (Phi) is 8.61. The SMILES string of the molecule is C=CCN1CCN(S(=O)(=O)c2ccc(C(CC3CCCC3)C(=O)Nc3nc4ccc(OC)nc4s3)cc2)CC1. The number of rotatable bonds is 10. The van der Waals surface area contributed by atoms with Crippen LogP contribution in [0.3, 0.4) is 0 Å². The predicted octanol–water partition coefficient (Wildman–Crippen LogP) is 4.49. The van der Waals surface area contributed by atoms with Gasteiger partial charge in [0.25, 0.3) is 0 Å². The van der Waals surface area contributed by atoms with Gasteiger partial charge in [0.2, 0.25) is 21.8 Å². The summed E-state index contributed by atoms with van der Waals surface area (Å²) in [6.07, 6.45) is 7.15. The van der Waals surface area contributed by atoms with Gasteiger partial charge in [-0.3, -0.25) is 9.69 Å². The van der Waals surface area contributed by atoms with Crippen molar-refractivity contribution < 1.29 is 17.9 Å². The van der Waals surface area contributed by atoms with E-state index in [-0.39, 0.29) is 10.8 Å². The lowest BCUT2D eigenvalue weighted by molar-refractivity contribution is -0.118. The first kappa shape index (κ1) is 27.7. The Balaban J connectivity index is 1.33. The molecule has 1 aliphatic carbocycles. The molecule has 1 aliphatic heterocycles. The van der Waals surface area contributed by atoms with Gasteiger partial charge >= 0.3 is 0 Å². The molecule has 2 aromatic heterocycles. The quantitative estimate of drug-likeness (QED) is 0.359. The highest BCUT2D eigenvalue weighted by molar-refractivity contribution is 7.89. The van der Waals surface area contributed by atoms with Crippen molar-refractivity contribution in [1.82, 2.24) is 19.2 Å². The molecule has 0 spiro atoms. The van der Waals surface area contributed by atoms with Gasteiger partial charge in [0.15, 0.2) is 5.13 Å². The zero-order chi connectivity index (χ0) is 27.4. The second-order valence-electron chi connectivity index (χ2n) is 10.2. The smallest absolute Gasteiger partial charge is 0.243 e. The standard InChI is InChI=1S/C28H35N5O4S2/c1-3-14-32-15-17-33(18-16-32)39(35,36)22-10-8-21(9-11-22)23(19-20-6-4-5-7-20)26(34)31-28-29-24-12-13-25(37-2)30-27(24)38-28/h3,8-13,20,23H,1,4-7,14-19H2,2H3,(H,29,31,34). The van der Waals surface area contributed by atoms with Gasteiger partial charge in [-0.05, 0) is 36.1 Å². The van der Waals surface area contributed by atoms with Crippen LogP contribution in [0.2, 0.25) is 0 Å². The lowest BCUT2D eigenvalue weighted by Gasteiger charge is -2.33. The van der Waals surface area contributed by atoms with Crippen molar-refractivity contribution in [3.63, 3.8) is 0 Å². The Bertz CT molecular complexity index is 1410. The van der Waals surface area contributed by atoms with Crippen molar-refractivity contribution in [2.45, 2.75) is 42.9 Å². The Labute approximate surface area is 233 Å². The normalized spacial score (nSPS) is 18.3. The molecule has 1 unspecified atom stereocenters. The number of hydrogen-bond acceptors (Lipinski definition) is 8. The van der Waals surface area contributed by atoms with Crippen molar-refractivity contribution in [1.29, 1.82) is 0 Å². The largest absolute Gasteiger partial charge is 0.481 e. The van der Waals surface area contributed by atoms with Gasteiger partial charge < -0.3 is 10.1 Å². The molecule has 1 N–H and O–H groups in total. The number of carbonyl (C=O) groups is 1. The first-order chi connectivity index (χ1) is 18.9. The Morgan fingerprint density at radius 2 is 1.85 bits per heavy atom. The number of sulfonamides is 1. The molecule has 208 valence electrons. The highest BCUT2D eigenvalue weighted by Gasteiger charge is 2.30. The third-order valence-electron chi connectivity index (χ3n) is 7.67. The minimum Gasteiger partial charge on any atom is -0.481 e. The number of amides is 1. The molecule has 39 heavy (non-hydrogen) atoms. The number of hydrogen-bond donors (Lipinski definition) is 1. The van der Waals surface area contributed by atoms with Crippen molar-refractivity contribution in [2.24, 2.45) is 5.92 Å². The molecule has 2 fully saturated rings. The molecule has 5 rings (SSSR count). The topological polar surface area (TPSA) is 105 Å². The number of anilines is 1. The number of pyridine rings is 1. The number of thiazole rings is 1. The molecule has 0 radical (unpaired) electrons. The summed E-state index contributed by atoms with van der Waals surface area (Å²) in [6.45, 7) is 6.79. The van der Waals surface area contributed by atoms with Gasteiger partial charge in [0, 0.05) is 38.8 Å². The maximum atomic E-state index is 13.6. The maximum Gasteiger partial charge on any atom is 0.243 e. The minimum atomic E-state index is -3.60. The summed E-state index contributed by atoms with van der Waals surface area (Å²) in [4.78, 5) is 25.7. The van der Waals surface area contributed by atoms with Crippen LogP contribution in [-0.2, 0) is 14.8 Å². The molecule has 1 atom stereocenters. The molecule has 9 nitrogen and oxygen atoms in total. The van der Waals surface area contributed by atoms with E-state index in [1.807, 2.05) is 12.1 Å². The van der Waals surface area contributed by atoms with Gasteiger partial charge in [-0.1, -0.05) is 55.2 Å². The Morgan fingerprint density at radius 3 is 2.51 bits per heavy atom. The molecule has 2 aliphatic rings. The zero-order valence-corrected chi connectivity index (χ0v) is 23.8. The lowest BCUT2D eigenvalue weighted by atomic mass is 9.87. The van der Waals surface area contributed by atoms with Crippen LogP contribution in [0, 0.1) is 5.92 Å². The number of aromatic nitrogens is 2. The van der Waals surface area contributed by atoms with Crippen molar-refractivity contribution >= 4 is 42.7 Å². The Morgan fingerprint density at radius 1 is 1.13 bits per heavy atom. The van der Waals surface area contributed by atoms with Gasteiger partial charge in [0.05, 0.1) is 17.9 Å². The van der Waals surface area contributed by atoms with E-state index in [9.17, 15) is 13.2 Å². The third-order valence-corrected chi connectivity index (χ3v) is 10.5. The van der Waals surface area contributed by atoms with Crippen molar-refractivity contribution in [2.75, 3.05) is 45.2 Å². The van der Waals surface area contributed by atoms with Crippen LogP contribution >= 0.6 is 11.3 Å². The average molecular weight is 570 g/mol. The second kappa shape index (κ2) is 12.1. The first-order valence-corrected chi connectivity index (χ1v) is 15.7. The summed E-state index contributed by atoms with van der Waals surface area (Å²) in [5.41, 5.74) is 1.51. The summed E-state index contributed by atoms with van der Waals surface area (Å²) in [5.74, 6) is 0.429. The van der Waals surface area contributed by atoms with Crippen LogP contribution in [0.4, 0.5) is 5.13 Å². The summed E-state index contributed by atoms with van der Waals surface area (Å²) < 4.78 is 33.3. The average Bonchev–Trinajstić information content (AvgIpc) is 3.61. The molecule has 1 saturated heterocycles. The summed E-state index contributed by atoms with van der Waals surface area (Å²) in [7, 11) is -2.04. The van der Waals surface area contributed by atoms with E-state index in [1.165, 1.54) is 24.2 Å². The molecule has 0 bridgehead atoms.